The molecule has 0 aliphatic carbocycles. The molecule has 0 aromatic heterocycles. The zero-order chi connectivity index (χ0) is 14.8. The molecule has 1 aliphatic rings. The molecule has 2 atom stereocenters. The van der Waals surface area contributed by atoms with Crippen molar-refractivity contribution in [2.75, 3.05) is 12.9 Å². The molecule has 0 amide bonds. The number of ether oxygens (including phenoxy) is 1. The molecular formula is C16H23BrO2S. The van der Waals surface area contributed by atoms with Gasteiger partial charge in [0, 0.05) is 17.0 Å². The van der Waals surface area contributed by atoms with E-state index in [-0.39, 0.29) is 5.41 Å². The van der Waals surface area contributed by atoms with E-state index in [0.29, 0.717) is 0 Å². The monoisotopic (exact) mass is 358 g/mol. The fraction of sp³-hybridized carbons (Fsp3) is 0.625. The van der Waals surface area contributed by atoms with Gasteiger partial charge in [-0.05, 0) is 58.9 Å². The lowest BCUT2D eigenvalue weighted by Gasteiger charge is -2.30. The van der Waals surface area contributed by atoms with Crippen LogP contribution in [0.15, 0.2) is 21.5 Å². The smallest absolute Gasteiger partial charge is 0.159 e. The van der Waals surface area contributed by atoms with Crippen LogP contribution < -0.4 is 4.74 Å². The van der Waals surface area contributed by atoms with Crippen LogP contribution in [0.4, 0.5) is 0 Å². The maximum Gasteiger partial charge on any atom is 0.159 e. The van der Waals surface area contributed by atoms with Crippen molar-refractivity contribution in [2.45, 2.75) is 50.8 Å². The molecule has 1 heterocycles. The Morgan fingerprint density at radius 3 is 2.75 bits per heavy atom. The summed E-state index contributed by atoms with van der Waals surface area (Å²) in [7, 11) is 1.65. The van der Waals surface area contributed by atoms with E-state index in [4.69, 9.17) is 4.74 Å². The molecule has 1 aliphatic heterocycles. The SMILES string of the molecule is CCCC1(CC)CCc2cc(Br)c(OC)cc2[S+]([O-])C1. The summed E-state index contributed by atoms with van der Waals surface area (Å²) in [5, 5.41) is 0. The van der Waals surface area contributed by atoms with Gasteiger partial charge in [-0.25, -0.2) is 0 Å². The Morgan fingerprint density at radius 1 is 1.40 bits per heavy atom. The van der Waals surface area contributed by atoms with Gasteiger partial charge in [-0.2, -0.15) is 0 Å². The van der Waals surface area contributed by atoms with Crippen molar-refractivity contribution in [3.8, 4) is 5.75 Å². The van der Waals surface area contributed by atoms with Crippen molar-refractivity contribution < 1.29 is 9.29 Å². The summed E-state index contributed by atoms with van der Waals surface area (Å²) in [5.74, 6) is 1.56. The van der Waals surface area contributed by atoms with E-state index >= 15 is 0 Å². The number of hydrogen-bond acceptors (Lipinski definition) is 2. The highest BCUT2D eigenvalue weighted by molar-refractivity contribution is 9.10. The molecule has 0 N–H and O–H groups in total. The Bertz CT molecular complexity index is 478. The largest absolute Gasteiger partial charge is 0.611 e. The molecule has 4 heteroatoms. The Labute approximate surface area is 133 Å². The highest BCUT2D eigenvalue weighted by Crippen LogP contribution is 2.42. The Hall–Kier alpha value is -0.190. The minimum absolute atomic E-state index is 0.234. The van der Waals surface area contributed by atoms with Crippen molar-refractivity contribution in [1.29, 1.82) is 0 Å². The predicted octanol–water partition coefficient (Wildman–Crippen LogP) is 4.71. The maximum atomic E-state index is 12.8. The van der Waals surface area contributed by atoms with Gasteiger partial charge in [-0.1, -0.05) is 20.3 Å². The van der Waals surface area contributed by atoms with Crippen LogP contribution in [0.25, 0.3) is 0 Å². The molecule has 0 bridgehead atoms. The summed E-state index contributed by atoms with van der Waals surface area (Å²) in [5.41, 5.74) is 1.45. The summed E-state index contributed by atoms with van der Waals surface area (Å²) < 4.78 is 19.1. The third-order valence-electron chi connectivity index (χ3n) is 4.47. The number of fused-ring (bicyclic) bond motifs is 1. The number of aryl methyl sites for hydroxylation is 1. The van der Waals surface area contributed by atoms with Gasteiger partial charge in [0.2, 0.25) is 0 Å². The standard InChI is InChI=1S/C16H23BrO2S/c1-4-7-16(5-2)8-6-12-9-13(17)14(19-3)10-15(12)20(18)11-16/h9-10H,4-8,11H2,1-3H3. The van der Waals surface area contributed by atoms with Gasteiger partial charge >= 0.3 is 0 Å². The highest BCUT2D eigenvalue weighted by atomic mass is 79.9. The summed E-state index contributed by atoms with van der Waals surface area (Å²) in [6, 6.07) is 4.04. The lowest BCUT2D eigenvalue weighted by atomic mass is 9.78. The van der Waals surface area contributed by atoms with Crippen molar-refractivity contribution in [2.24, 2.45) is 5.41 Å². The quantitative estimate of drug-likeness (QED) is 0.730. The van der Waals surface area contributed by atoms with E-state index < -0.39 is 11.2 Å². The van der Waals surface area contributed by atoms with Gasteiger partial charge in [-0.15, -0.1) is 0 Å². The average molecular weight is 359 g/mol. The van der Waals surface area contributed by atoms with Crippen LogP contribution in [0.1, 0.15) is 45.1 Å². The van der Waals surface area contributed by atoms with E-state index in [9.17, 15) is 4.55 Å². The molecule has 2 rings (SSSR count). The average Bonchev–Trinajstić information content (AvgIpc) is 2.56. The molecule has 0 radical (unpaired) electrons. The highest BCUT2D eigenvalue weighted by Gasteiger charge is 2.37. The van der Waals surface area contributed by atoms with Gasteiger partial charge < -0.3 is 9.29 Å². The molecule has 2 unspecified atom stereocenters. The molecule has 0 saturated heterocycles. The number of rotatable bonds is 4. The minimum atomic E-state index is -0.924. The van der Waals surface area contributed by atoms with Crippen LogP contribution in [-0.4, -0.2) is 17.4 Å². The van der Waals surface area contributed by atoms with Crippen LogP contribution in [0, 0.1) is 5.41 Å². The Balaban J connectivity index is 2.37. The number of hydrogen-bond donors (Lipinski definition) is 0. The fourth-order valence-electron chi connectivity index (χ4n) is 3.15. The van der Waals surface area contributed by atoms with Crippen molar-refractivity contribution in [1.82, 2.24) is 0 Å². The van der Waals surface area contributed by atoms with Gasteiger partial charge in [-0.3, -0.25) is 0 Å². The molecule has 0 fully saturated rings. The lowest BCUT2D eigenvalue weighted by molar-refractivity contribution is 0.264. The van der Waals surface area contributed by atoms with Crippen LogP contribution in [0.3, 0.4) is 0 Å². The number of methoxy groups -OCH3 is 1. The minimum Gasteiger partial charge on any atom is -0.611 e. The van der Waals surface area contributed by atoms with E-state index in [0.717, 1.165) is 46.6 Å². The van der Waals surface area contributed by atoms with Gasteiger partial charge in [0.25, 0.3) is 0 Å². The van der Waals surface area contributed by atoms with Crippen LogP contribution in [0.2, 0.25) is 0 Å². The van der Waals surface area contributed by atoms with Gasteiger partial charge in [0.05, 0.1) is 11.6 Å². The van der Waals surface area contributed by atoms with Crippen molar-refractivity contribution >= 4 is 27.1 Å². The van der Waals surface area contributed by atoms with Gasteiger partial charge in [0.1, 0.15) is 11.5 Å². The third-order valence-corrected chi connectivity index (χ3v) is 6.84. The van der Waals surface area contributed by atoms with E-state index in [1.165, 1.54) is 12.0 Å². The van der Waals surface area contributed by atoms with E-state index in [1.807, 2.05) is 6.07 Å². The number of halogens is 1. The summed E-state index contributed by atoms with van der Waals surface area (Å²) >= 11 is 2.61. The molecule has 2 nitrogen and oxygen atoms in total. The Kier molecular flexibility index (Phi) is 5.43. The van der Waals surface area contributed by atoms with Gasteiger partial charge in [0.15, 0.2) is 4.90 Å². The molecule has 0 saturated carbocycles. The first-order valence-corrected chi connectivity index (χ1v) is 9.41. The molecule has 1 aromatic rings. The Morgan fingerprint density at radius 2 is 2.15 bits per heavy atom. The normalized spacial score (nSPS) is 25.9. The van der Waals surface area contributed by atoms with Crippen LogP contribution in [0.5, 0.6) is 5.75 Å². The van der Waals surface area contributed by atoms with Crippen LogP contribution in [-0.2, 0) is 17.6 Å². The van der Waals surface area contributed by atoms with Crippen molar-refractivity contribution in [3.63, 3.8) is 0 Å². The second-order valence-corrected chi connectivity index (χ2v) is 7.96. The molecule has 20 heavy (non-hydrogen) atoms. The fourth-order valence-corrected chi connectivity index (χ4v) is 5.60. The van der Waals surface area contributed by atoms with E-state index in [2.05, 4.69) is 35.8 Å². The second kappa shape index (κ2) is 6.71. The topological polar surface area (TPSA) is 32.3 Å². The maximum absolute atomic E-state index is 12.8. The lowest BCUT2D eigenvalue weighted by Crippen LogP contribution is -2.28. The zero-order valence-corrected chi connectivity index (χ0v) is 14.9. The third kappa shape index (κ3) is 3.18. The summed E-state index contributed by atoms with van der Waals surface area (Å²) in [6.45, 7) is 4.46. The molecule has 112 valence electrons. The second-order valence-electron chi connectivity index (χ2n) is 5.69. The summed E-state index contributed by atoms with van der Waals surface area (Å²) in [6.07, 6.45) is 5.58. The first-order chi connectivity index (χ1) is 9.55. The molecule has 1 aromatic carbocycles. The van der Waals surface area contributed by atoms with Crippen LogP contribution >= 0.6 is 15.9 Å². The predicted molar refractivity (Wildman–Crippen MR) is 87.9 cm³/mol. The summed E-state index contributed by atoms with van der Waals surface area (Å²) in [4.78, 5) is 0.969. The molecule has 0 spiro atoms. The zero-order valence-electron chi connectivity index (χ0n) is 12.5. The number of benzene rings is 1. The van der Waals surface area contributed by atoms with E-state index in [1.54, 1.807) is 7.11 Å². The molecular weight excluding hydrogens is 336 g/mol. The van der Waals surface area contributed by atoms with Crippen molar-refractivity contribution in [3.05, 3.63) is 22.2 Å². The first-order valence-electron chi connectivity index (χ1n) is 7.30. The first kappa shape index (κ1) is 16.2.